The third kappa shape index (κ3) is 8.29. The molecule has 1 rings (SSSR count). The number of hydrogen-bond acceptors (Lipinski definition) is 1. The van der Waals surface area contributed by atoms with Crippen molar-refractivity contribution < 1.29 is 9.90 Å². The van der Waals surface area contributed by atoms with Crippen LogP contribution < -0.4 is 0 Å². The molecule has 1 saturated carbocycles. The van der Waals surface area contributed by atoms with Crippen molar-refractivity contribution in [2.45, 2.75) is 58.8 Å². The van der Waals surface area contributed by atoms with Gasteiger partial charge in [0.05, 0.1) is 20.5 Å². The van der Waals surface area contributed by atoms with Crippen LogP contribution in [0.25, 0.3) is 0 Å². The third-order valence-corrected chi connectivity index (χ3v) is 6.31. The lowest BCUT2D eigenvalue weighted by molar-refractivity contribution is -0.137. The highest BCUT2D eigenvalue weighted by Crippen LogP contribution is 2.44. The molecule has 0 aromatic heterocycles. The fourth-order valence-electron chi connectivity index (χ4n) is 3.92. The molecule has 0 amide bonds. The minimum Gasteiger partial charge on any atom is -0.481 e. The molecule has 5 unspecified atom stereocenters. The Morgan fingerprint density at radius 3 is 2.54 bits per heavy atom. The van der Waals surface area contributed by atoms with Gasteiger partial charge in [-0.3, -0.25) is 4.79 Å². The van der Waals surface area contributed by atoms with E-state index < -0.39 is 5.97 Å². The maximum absolute atomic E-state index is 10.5. The Balaban J connectivity index is 2.41. The summed E-state index contributed by atoms with van der Waals surface area (Å²) in [6, 6.07) is 0. The van der Waals surface area contributed by atoms with E-state index in [-0.39, 0.29) is 14.0 Å². The van der Waals surface area contributed by atoms with Gasteiger partial charge >= 0.3 is 5.97 Å². The number of carboxylic acid groups (broad SMARTS) is 1. The van der Waals surface area contributed by atoms with Crippen LogP contribution in [-0.2, 0) is 4.79 Å². The summed E-state index contributed by atoms with van der Waals surface area (Å²) in [5.74, 6) is 2.30. The Hall–Kier alpha value is -0.880. The number of carboxylic acids is 1. The van der Waals surface area contributed by atoms with Crippen LogP contribution in [0.15, 0.2) is 24.3 Å². The number of aliphatic carboxylic acids is 1. The van der Waals surface area contributed by atoms with Crippen molar-refractivity contribution in [3.05, 3.63) is 24.3 Å². The van der Waals surface area contributed by atoms with Gasteiger partial charge in [-0.25, -0.2) is 0 Å². The topological polar surface area (TPSA) is 37.3 Å². The number of unbranched alkanes of at least 4 members (excludes halogenated alkanes) is 2. The highest BCUT2D eigenvalue weighted by Gasteiger charge is 2.35. The van der Waals surface area contributed by atoms with Crippen LogP contribution in [0.3, 0.4) is 0 Å². The van der Waals surface area contributed by atoms with Crippen LogP contribution in [0, 0.1) is 23.7 Å². The number of rotatable bonds is 11. The van der Waals surface area contributed by atoms with Crippen molar-refractivity contribution in [3.63, 3.8) is 0 Å². The summed E-state index contributed by atoms with van der Waals surface area (Å²) in [4.78, 5) is 10.5. The van der Waals surface area contributed by atoms with Crippen LogP contribution in [0.2, 0.25) is 0 Å². The van der Waals surface area contributed by atoms with Gasteiger partial charge in [-0.15, -0.1) is 0 Å². The zero-order valence-corrected chi connectivity index (χ0v) is 16.7. The van der Waals surface area contributed by atoms with Gasteiger partial charge in [-0.2, -0.15) is 0 Å². The van der Waals surface area contributed by atoms with Crippen molar-refractivity contribution in [1.82, 2.24) is 0 Å². The second-order valence-corrected chi connectivity index (χ2v) is 9.73. The van der Waals surface area contributed by atoms with Gasteiger partial charge in [0.2, 0.25) is 0 Å². The molecule has 136 valence electrons. The van der Waals surface area contributed by atoms with E-state index >= 15 is 0 Å². The van der Waals surface area contributed by atoms with E-state index in [4.69, 9.17) is 5.11 Å². The highest BCUT2D eigenvalue weighted by atomic mass is 31.1. The van der Waals surface area contributed by atoms with E-state index in [9.17, 15) is 4.79 Å². The Morgan fingerprint density at radius 1 is 1.17 bits per heavy atom. The number of carbonyl (C=O) groups is 1. The van der Waals surface area contributed by atoms with Gasteiger partial charge in [-0.05, 0) is 62.2 Å². The number of hydrogen-bond donors (Lipinski definition) is 1. The Kier molecular flexibility index (Phi) is 10.3. The zero-order valence-electron chi connectivity index (χ0n) is 15.8. The quantitative estimate of drug-likeness (QED) is 0.283. The van der Waals surface area contributed by atoms with E-state index in [1.165, 1.54) is 25.4 Å². The van der Waals surface area contributed by atoms with E-state index in [2.05, 4.69) is 51.1 Å². The summed E-state index contributed by atoms with van der Waals surface area (Å²) >= 11 is 0. The van der Waals surface area contributed by atoms with Gasteiger partial charge in [0.15, 0.2) is 0 Å². The minimum atomic E-state index is -0.693. The van der Waals surface area contributed by atoms with Crippen LogP contribution in [-0.4, -0.2) is 30.2 Å². The second-order valence-electron chi connectivity index (χ2n) is 7.57. The molecular weight excluding hydrogens is 315 g/mol. The van der Waals surface area contributed by atoms with Crippen molar-refractivity contribution in [2.24, 2.45) is 23.7 Å². The van der Waals surface area contributed by atoms with Crippen LogP contribution >= 0.6 is 7.55 Å². The van der Waals surface area contributed by atoms with Crippen molar-refractivity contribution >= 4 is 19.8 Å². The fourth-order valence-corrected chi connectivity index (χ4v) is 4.64. The minimum absolute atomic E-state index is 0.000540. The van der Waals surface area contributed by atoms with E-state index in [1.54, 1.807) is 0 Å². The molecule has 1 aliphatic rings. The SMILES string of the molecule is C=[P+](C)CCCC=CC1C(C)CC(C)C1CC=CCCCC(=O)O. The molecule has 0 aromatic rings. The van der Waals surface area contributed by atoms with Crippen molar-refractivity contribution in [1.29, 1.82) is 0 Å². The van der Waals surface area contributed by atoms with Crippen LogP contribution in [0.1, 0.15) is 58.8 Å². The molecule has 24 heavy (non-hydrogen) atoms. The molecule has 0 saturated heterocycles. The third-order valence-electron chi connectivity index (χ3n) is 5.23. The number of allylic oxidation sites excluding steroid dienone is 4. The Labute approximate surface area is 149 Å². The second kappa shape index (κ2) is 11.6. The summed E-state index contributed by atoms with van der Waals surface area (Å²) in [6.07, 6.45) is 21.6. The molecule has 0 spiro atoms. The first-order valence-corrected chi connectivity index (χ1v) is 11.6. The first kappa shape index (κ1) is 21.2. The predicted octanol–water partition coefficient (Wildman–Crippen LogP) is 5.98. The normalized spacial score (nSPS) is 28.0. The van der Waals surface area contributed by atoms with E-state index in [0.717, 1.165) is 37.0 Å². The standard InChI is InChI=1S/C21H35O2P/c1-17-16-18(2)20(13-9-7-11-15-24(3)4)19(17)12-8-5-6-10-14-21(22)23/h5,8-9,13,17-20H,3,6-7,10-12,14-16H2,1-2,4H3/p+1. The van der Waals surface area contributed by atoms with Crippen molar-refractivity contribution in [2.75, 3.05) is 12.8 Å². The molecule has 1 aliphatic carbocycles. The molecule has 0 heterocycles. The van der Waals surface area contributed by atoms with Crippen LogP contribution in [0.4, 0.5) is 0 Å². The molecule has 2 nitrogen and oxygen atoms in total. The van der Waals surface area contributed by atoms with Gasteiger partial charge in [0.1, 0.15) is 6.16 Å². The van der Waals surface area contributed by atoms with Gasteiger partial charge in [0.25, 0.3) is 0 Å². The maximum Gasteiger partial charge on any atom is 0.303 e. The molecule has 1 fully saturated rings. The molecule has 1 N–H and O–H groups in total. The van der Waals surface area contributed by atoms with Crippen LogP contribution in [0.5, 0.6) is 0 Å². The lowest BCUT2D eigenvalue weighted by Crippen LogP contribution is -2.13. The molecule has 0 radical (unpaired) electrons. The Bertz CT molecular complexity index is 453. The predicted molar refractivity (Wildman–Crippen MR) is 108 cm³/mol. The van der Waals surface area contributed by atoms with Crippen molar-refractivity contribution in [3.8, 4) is 0 Å². The van der Waals surface area contributed by atoms with Gasteiger partial charge < -0.3 is 5.11 Å². The first-order valence-electron chi connectivity index (χ1n) is 9.47. The summed E-state index contributed by atoms with van der Waals surface area (Å²) in [6.45, 7) is 7.03. The molecule has 0 aromatic carbocycles. The first-order chi connectivity index (χ1) is 11.4. The molecule has 3 heteroatoms. The summed E-state index contributed by atoms with van der Waals surface area (Å²) in [5.41, 5.74) is 0. The average molecular weight is 351 g/mol. The fraction of sp³-hybridized carbons (Fsp3) is 0.714. The van der Waals surface area contributed by atoms with E-state index in [0.29, 0.717) is 5.92 Å². The molecule has 5 atom stereocenters. The molecule has 0 bridgehead atoms. The summed E-state index contributed by atoms with van der Waals surface area (Å²) in [7, 11) is 0.000540. The van der Waals surface area contributed by atoms with Gasteiger partial charge in [0, 0.05) is 6.42 Å². The monoisotopic (exact) mass is 351 g/mol. The van der Waals surface area contributed by atoms with Gasteiger partial charge in [-0.1, -0.05) is 38.2 Å². The Morgan fingerprint density at radius 2 is 1.88 bits per heavy atom. The lowest BCUT2D eigenvalue weighted by atomic mass is 9.85. The molecular formula is C21H36O2P+. The smallest absolute Gasteiger partial charge is 0.303 e. The zero-order chi connectivity index (χ0) is 17.9. The summed E-state index contributed by atoms with van der Waals surface area (Å²) in [5, 5.41) is 8.66. The summed E-state index contributed by atoms with van der Waals surface area (Å²) < 4.78 is 0. The van der Waals surface area contributed by atoms with E-state index in [1.807, 2.05) is 0 Å². The maximum atomic E-state index is 10.5. The largest absolute Gasteiger partial charge is 0.481 e. The lowest BCUT2D eigenvalue weighted by Gasteiger charge is -2.20. The molecule has 0 aliphatic heterocycles. The average Bonchev–Trinajstić information content (AvgIpc) is 2.76. The highest BCUT2D eigenvalue weighted by molar-refractivity contribution is 7.54.